The SMILES string of the molecule is CC[C@H](C)[C@H]1NC(=O)[C@H](CC(=O)O)NC(=O)[C@H](CC(=O)O)NC(=O)CNC(=O)[C@@H]2CCCN2C(=O)[C@H](CC(=O)O)NC(=O)[C@H](Cc2ccc(O)cc2)NC(=O)[C@@H]([C@@H](C)CC)NC(=O)[C@H](CO)NC(=O)[C@H](N)C(C)(C)SSC[C@@H](C(=O)O)NC(=O)[C@H](CCCCN)NC1=O. The van der Waals surface area contributed by atoms with Crippen LogP contribution < -0.4 is 64.6 Å². The van der Waals surface area contributed by atoms with E-state index in [4.69, 9.17) is 11.5 Å². The highest BCUT2D eigenvalue weighted by Gasteiger charge is 2.42. The number of hydrogen-bond acceptors (Lipinski definition) is 21. The molecule has 93 heavy (non-hydrogen) atoms. The van der Waals surface area contributed by atoms with Crippen LogP contribution in [0.15, 0.2) is 24.3 Å². The third kappa shape index (κ3) is 25.2. The third-order valence-corrected chi connectivity index (χ3v) is 18.8. The number of rotatable bonds is 18. The average molecular weight is 1350 g/mol. The van der Waals surface area contributed by atoms with Gasteiger partial charge < -0.3 is 100 Å². The van der Waals surface area contributed by atoms with Gasteiger partial charge in [0, 0.05) is 23.5 Å². The second kappa shape index (κ2) is 38.0. The molecule has 11 amide bonds. The summed E-state index contributed by atoms with van der Waals surface area (Å²) >= 11 is 0. The van der Waals surface area contributed by atoms with E-state index in [-0.39, 0.29) is 69.5 Å². The lowest BCUT2D eigenvalue weighted by Gasteiger charge is -2.32. The molecule has 1 aromatic carbocycles. The monoisotopic (exact) mass is 1350 g/mol. The smallest absolute Gasteiger partial charge is 0.327 e. The molecule has 0 radical (unpaired) electrons. The number of carboxylic acids is 4. The maximum atomic E-state index is 14.4. The first-order chi connectivity index (χ1) is 43.7. The van der Waals surface area contributed by atoms with Gasteiger partial charge in [0.15, 0.2) is 0 Å². The van der Waals surface area contributed by atoms with Crippen molar-refractivity contribution in [2.45, 2.75) is 183 Å². The summed E-state index contributed by atoms with van der Waals surface area (Å²) in [6.45, 7) is 7.25. The molecule has 0 bridgehead atoms. The standard InChI is InChI=1S/C57H87N13O21S2/c1-7-27(3)43-52(86)62-31(12-9-10-18-58)46(80)67-37(56(90)91)26-92-93-57(5,6)45(59)54(88)66-36(25-71)50(84)69-44(28(4)8-2)53(87)64-32(20-29-14-16-30(72)17-15-29)47(81)65-35(23-42(78)79)55(89)70-19-11-13-38(70)51(85)60-24-39(73)61-33(21-40(74)75)48(82)63-34(22-41(76)77)49(83)68-43/h14-17,27-28,31-38,43-45,71-72H,7-13,18-26,58-59H2,1-6H3,(H,60,85)(H,61,73)(H,62,86)(H,63,82)(H,64,87)(H,65,81)(H,66,88)(H,67,80)(H,68,83)(H,69,84)(H,74,75)(H,76,77)(H,78,79)(H,90,91)/t27-,28-,31-,32-,33-,34-,35-,36-,37-,38-,43+,44+,45-/m0/s1. The van der Waals surface area contributed by atoms with Crippen LogP contribution in [0.2, 0.25) is 0 Å². The van der Waals surface area contributed by atoms with Gasteiger partial charge in [-0.2, -0.15) is 0 Å². The molecule has 2 aliphatic rings. The molecular formula is C57H87N13O21S2. The van der Waals surface area contributed by atoms with Crippen molar-refractivity contribution in [3.63, 3.8) is 0 Å². The number of unbranched alkanes of at least 4 members (excludes halogenated alkanes) is 1. The summed E-state index contributed by atoms with van der Waals surface area (Å²) in [6, 6.07) is -13.4. The summed E-state index contributed by atoms with van der Waals surface area (Å²) in [5.74, 6) is -20.9. The molecule has 36 heteroatoms. The average Bonchev–Trinajstić information content (AvgIpc) is 1.83. The molecule has 2 saturated heterocycles. The van der Waals surface area contributed by atoms with Gasteiger partial charge >= 0.3 is 23.9 Å². The van der Waals surface area contributed by atoms with Crippen LogP contribution in [0, 0.1) is 11.8 Å². The predicted molar refractivity (Wildman–Crippen MR) is 332 cm³/mol. The molecule has 518 valence electrons. The van der Waals surface area contributed by atoms with Gasteiger partial charge in [-0.3, -0.25) is 67.1 Å². The Hall–Kier alpha value is -8.35. The summed E-state index contributed by atoms with van der Waals surface area (Å²) in [4.78, 5) is 204. The number of aliphatic carboxylic acids is 4. The number of benzene rings is 1. The van der Waals surface area contributed by atoms with E-state index in [1.165, 1.54) is 45.0 Å². The molecule has 0 aliphatic carbocycles. The summed E-state index contributed by atoms with van der Waals surface area (Å²) in [5.41, 5.74) is 12.4. The van der Waals surface area contributed by atoms with Gasteiger partial charge in [0.1, 0.15) is 66.2 Å². The Balaban J connectivity index is 2.16. The van der Waals surface area contributed by atoms with Crippen LogP contribution in [0.3, 0.4) is 0 Å². The fourth-order valence-corrected chi connectivity index (χ4v) is 12.3. The lowest BCUT2D eigenvalue weighted by Crippen LogP contribution is -2.62. The summed E-state index contributed by atoms with van der Waals surface area (Å²) in [6.07, 6.45) is -2.94. The number of nitrogens with one attached hydrogen (secondary N) is 10. The largest absolute Gasteiger partial charge is 0.508 e. The van der Waals surface area contributed by atoms with E-state index in [1.54, 1.807) is 20.8 Å². The Morgan fingerprint density at radius 2 is 1.09 bits per heavy atom. The minimum atomic E-state index is -2.07. The van der Waals surface area contributed by atoms with Gasteiger partial charge in [0.2, 0.25) is 65.0 Å². The number of aliphatic hydroxyl groups excluding tert-OH is 1. The third-order valence-electron chi connectivity index (χ3n) is 15.4. The van der Waals surface area contributed by atoms with E-state index in [2.05, 4.69) is 53.2 Å². The number of fused-ring (bicyclic) bond motifs is 1. The zero-order chi connectivity index (χ0) is 70.0. The highest BCUT2D eigenvalue weighted by atomic mass is 33.1. The van der Waals surface area contributed by atoms with Crippen molar-refractivity contribution < 1.29 is 103 Å². The summed E-state index contributed by atoms with van der Waals surface area (Å²) < 4.78 is -1.31. The molecular weight excluding hydrogens is 1270 g/mol. The first-order valence-corrected chi connectivity index (χ1v) is 32.3. The van der Waals surface area contributed by atoms with E-state index >= 15 is 0 Å². The van der Waals surface area contributed by atoms with E-state index in [0.29, 0.717) is 12.0 Å². The van der Waals surface area contributed by atoms with Crippen molar-refractivity contribution in [1.29, 1.82) is 0 Å². The molecule has 13 atom stereocenters. The second-order valence-electron chi connectivity index (χ2n) is 23.1. The number of phenolic OH excluding ortho intramolecular Hbond substituents is 1. The summed E-state index contributed by atoms with van der Waals surface area (Å²) in [7, 11) is 1.76. The zero-order valence-electron chi connectivity index (χ0n) is 52.4. The molecule has 0 saturated carbocycles. The Kier molecular flexibility index (Phi) is 32.2. The topological polar surface area (TPSA) is 553 Å². The molecule has 2 fully saturated rings. The first kappa shape index (κ1) is 78.9. The van der Waals surface area contributed by atoms with Crippen LogP contribution in [0.1, 0.15) is 111 Å². The second-order valence-corrected chi connectivity index (χ2v) is 26.1. The molecule has 3 rings (SSSR count). The minimum absolute atomic E-state index is 0.0758. The molecule has 34 nitrogen and oxygen atoms in total. The number of phenols is 1. The Bertz CT molecular complexity index is 2870. The Morgan fingerprint density at radius 1 is 0.613 bits per heavy atom. The number of nitrogens with two attached hydrogens (primary N) is 2. The van der Waals surface area contributed by atoms with Gasteiger partial charge in [-0.1, -0.05) is 74.3 Å². The fourth-order valence-electron chi connectivity index (χ4n) is 9.52. The van der Waals surface area contributed by atoms with E-state index in [9.17, 15) is 103 Å². The zero-order valence-corrected chi connectivity index (χ0v) is 54.0. The van der Waals surface area contributed by atoms with Gasteiger partial charge in [0.25, 0.3) is 0 Å². The van der Waals surface area contributed by atoms with Crippen LogP contribution in [0.5, 0.6) is 5.75 Å². The van der Waals surface area contributed by atoms with Crippen LogP contribution in [0.25, 0.3) is 0 Å². The maximum Gasteiger partial charge on any atom is 0.327 e. The molecule has 0 unspecified atom stereocenters. The van der Waals surface area contributed by atoms with Gasteiger partial charge in [-0.05, 0) is 82.0 Å². The number of aromatic hydroxyl groups is 1. The fraction of sp³-hybridized carbons (Fsp3) is 0.632. The van der Waals surface area contributed by atoms with Gasteiger partial charge in [0.05, 0.1) is 38.5 Å². The van der Waals surface area contributed by atoms with E-state index < -0.39 is 204 Å². The van der Waals surface area contributed by atoms with Gasteiger partial charge in [-0.25, -0.2) is 4.79 Å². The normalized spacial score (nSPS) is 26.8. The van der Waals surface area contributed by atoms with Crippen molar-refractivity contribution in [2.75, 3.05) is 32.0 Å². The highest BCUT2D eigenvalue weighted by Crippen LogP contribution is 2.38. The van der Waals surface area contributed by atoms with Gasteiger partial charge in [-0.15, -0.1) is 0 Å². The maximum absolute atomic E-state index is 14.4. The molecule has 0 spiro atoms. The van der Waals surface area contributed by atoms with Crippen LogP contribution in [-0.4, -0.2) is 228 Å². The number of amides is 11. The van der Waals surface area contributed by atoms with Crippen molar-refractivity contribution in [3.8, 4) is 5.75 Å². The van der Waals surface area contributed by atoms with Crippen molar-refractivity contribution >= 4 is 110 Å². The van der Waals surface area contributed by atoms with E-state index in [1.807, 2.05) is 0 Å². The predicted octanol–water partition coefficient (Wildman–Crippen LogP) is -4.37. The Labute approximate surface area is 543 Å². The van der Waals surface area contributed by atoms with E-state index in [0.717, 1.165) is 26.5 Å². The highest BCUT2D eigenvalue weighted by molar-refractivity contribution is 8.77. The number of nitrogens with zero attached hydrogens (tertiary/aromatic N) is 1. The quantitative estimate of drug-likeness (QED) is 0.0488. The molecule has 0 aromatic heterocycles. The molecule has 1 aromatic rings. The Morgan fingerprint density at radius 3 is 1.61 bits per heavy atom. The van der Waals surface area contributed by atoms with Crippen LogP contribution in [0.4, 0.5) is 0 Å². The molecule has 2 aliphatic heterocycles. The molecule has 2 heterocycles. The van der Waals surface area contributed by atoms with Crippen molar-refractivity contribution in [1.82, 2.24) is 58.1 Å². The number of carbonyl (C=O) groups is 15. The van der Waals surface area contributed by atoms with Crippen molar-refractivity contribution in [2.24, 2.45) is 23.3 Å². The van der Waals surface area contributed by atoms with Crippen molar-refractivity contribution in [3.05, 3.63) is 29.8 Å². The van der Waals surface area contributed by atoms with Crippen LogP contribution in [-0.2, 0) is 78.3 Å². The lowest BCUT2D eigenvalue weighted by molar-refractivity contribution is -0.146. The number of carboxylic acid groups (broad SMARTS) is 4. The molecule has 20 N–H and O–H groups in total. The first-order valence-electron chi connectivity index (χ1n) is 30.0. The number of carbonyl (C=O) groups excluding carboxylic acids is 11. The summed E-state index contributed by atoms with van der Waals surface area (Å²) in [5, 5.41) is 83.7. The number of aliphatic hydroxyl groups is 1. The number of hydrogen-bond donors (Lipinski definition) is 18. The minimum Gasteiger partial charge on any atom is -0.508 e. The lowest BCUT2D eigenvalue weighted by atomic mass is 9.96. The van der Waals surface area contributed by atoms with Crippen LogP contribution >= 0.6 is 21.6 Å².